The highest BCUT2D eigenvalue weighted by atomic mass is 35.5. The molecule has 1 atom stereocenters. The highest BCUT2D eigenvalue weighted by molar-refractivity contribution is 6.30. The molecule has 0 bridgehead atoms. The molecule has 0 N–H and O–H groups in total. The molecular formula is C23H24ClN3O4. The Kier molecular flexibility index (Phi) is 6.42. The number of hydrogen-bond acceptors (Lipinski definition) is 6. The van der Waals surface area contributed by atoms with Gasteiger partial charge in [0.2, 0.25) is 17.6 Å². The van der Waals surface area contributed by atoms with Crippen molar-refractivity contribution in [3.63, 3.8) is 0 Å². The Hall–Kier alpha value is -3.06. The zero-order valence-electron chi connectivity index (χ0n) is 17.5. The van der Waals surface area contributed by atoms with Crippen LogP contribution in [0, 0.1) is 0 Å². The van der Waals surface area contributed by atoms with E-state index in [1.807, 2.05) is 54.3 Å². The van der Waals surface area contributed by atoms with E-state index in [0.29, 0.717) is 54.4 Å². The van der Waals surface area contributed by atoms with Gasteiger partial charge in [0.1, 0.15) is 0 Å². The molecule has 2 heterocycles. The molecule has 31 heavy (non-hydrogen) atoms. The zero-order valence-corrected chi connectivity index (χ0v) is 18.3. The van der Waals surface area contributed by atoms with Gasteiger partial charge in [-0.05, 0) is 49.2 Å². The minimum absolute atomic E-state index is 0.0986. The first-order valence-corrected chi connectivity index (χ1v) is 10.6. The van der Waals surface area contributed by atoms with Crippen molar-refractivity contribution in [2.24, 2.45) is 0 Å². The fraction of sp³-hybridized carbons (Fsp3) is 0.348. The quantitative estimate of drug-likeness (QED) is 0.517. The molecule has 7 nitrogen and oxygen atoms in total. The molecule has 0 aliphatic carbocycles. The topological polar surface area (TPSA) is 77.7 Å². The van der Waals surface area contributed by atoms with Crippen LogP contribution in [0.2, 0.25) is 5.02 Å². The van der Waals surface area contributed by atoms with Gasteiger partial charge in [0.15, 0.2) is 11.5 Å². The van der Waals surface area contributed by atoms with Crippen molar-refractivity contribution < 1.29 is 18.8 Å². The van der Waals surface area contributed by atoms with Crippen LogP contribution < -0.4 is 9.47 Å². The lowest BCUT2D eigenvalue weighted by Crippen LogP contribution is -2.27. The van der Waals surface area contributed by atoms with Gasteiger partial charge in [-0.15, -0.1) is 0 Å². The van der Waals surface area contributed by atoms with E-state index in [2.05, 4.69) is 10.1 Å². The van der Waals surface area contributed by atoms with Crippen LogP contribution in [-0.2, 0) is 11.2 Å². The van der Waals surface area contributed by atoms with Gasteiger partial charge in [0, 0.05) is 30.1 Å². The van der Waals surface area contributed by atoms with E-state index in [0.717, 1.165) is 17.5 Å². The molecule has 1 amide bonds. The average molecular weight is 442 g/mol. The number of carbonyl (C=O) groups is 1. The molecule has 0 radical (unpaired) electrons. The fourth-order valence-corrected chi connectivity index (χ4v) is 3.79. The lowest BCUT2D eigenvalue weighted by molar-refractivity contribution is -0.127. The lowest BCUT2D eigenvalue weighted by Gasteiger charge is -2.15. The molecule has 8 heteroatoms. The number of benzene rings is 2. The third-order valence-corrected chi connectivity index (χ3v) is 5.56. The normalized spacial score (nSPS) is 16.0. The van der Waals surface area contributed by atoms with Gasteiger partial charge in [-0.3, -0.25) is 4.79 Å². The number of amides is 1. The molecule has 1 aliphatic rings. The number of likely N-dealkylation sites (tertiary alicyclic amines) is 1. The predicted octanol–water partition coefficient (Wildman–Crippen LogP) is 4.36. The summed E-state index contributed by atoms with van der Waals surface area (Å²) in [5.41, 5.74) is 1.91. The third kappa shape index (κ3) is 4.82. The van der Waals surface area contributed by atoms with Crippen LogP contribution in [0.3, 0.4) is 0 Å². The summed E-state index contributed by atoms with van der Waals surface area (Å²) in [7, 11) is 1.59. The summed E-state index contributed by atoms with van der Waals surface area (Å²) in [4.78, 5) is 18.9. The second kappa shape index (κ2) is 9.39. The van der Waals surface area contributed by atoms with Gasteiger partial charge in [0.25, 0.3) is 0 Å². The van der Waals surface area contributed by atoms with E-state index < -0.39 is 0 Å². The highest BCUT2D eigenvalue weighted by Crippen LogP contribution is 2.33. The summed E-state index contributed by atoms with van der Waals surface area (Å²) in [5.74, 6) is 2.20. The Morgan fingerprint density at radius 3 is 2.74 bits per heavy atom. The van der Waals surface area contributed by atoms with Crippen LogP contribution in [0.15, 0.2) is 47.0 Å². The standard InChI is InChI=1S/C23H24ClN3O4/c1-3-30-19-9-6-16(12-20(19)29-2)22-25-23(31-26-22)17-13-21(28)27(14-17)11-10-15-4-7-18(24)8-5-15/h4-9,12,17H,3,10-11,13-14H2,1-2H3. The number of halogens is 1. The van der Waals surface area contributed by atoms with Gasteiger partial charge < -0.3 is 18.9 Å². The summed E-state index contributed by atoms with van der Waals surface area (Å²) in [5, 5.41) is 4.82. The number of nitrogens with zero attached hydrogens (tertiary/aromatic N) is 3. The minimum Gasteiger partial charge on any atom is -0.493 e. The molecule has 1 aromatic heterocycles. The molecule has 3 aromatic rings. The summed E-state index contributed by atoms with van der Waals surface area (Å²) in [6, 6.07) is 13.2. The van der Waals surface area contributed by atoms with Crippen molar-refractivity contribution in [3.05, 3.63) is 58.9 Å². The number of rotatable bonds is 8. The van der Waals surface area contributed by atoms with E-state index >= 15 is 0 Å². The summed E-state index contributed by atoms with van der Waals surface area (Å²) >= 11 is 5.93. The monoisotopic (exact) mass is 441 g/mol. The first-order valence-electron chi connectivity index (χ1n) is 10.2. The Morgan fingerprint density at radius 1 is 1.19 bits per heavy atom. The molecule has 1 fully saturated rings. The first-order chi connectivity index (χ1) is 15.1. The smallest absolute Gasteiger partial charge is 0.232 e. The van der Waals surface area contributed by atoms with Crippen LogP contribution in [0.5, 0.6) is 11.5 Å². The van der Waals surface area contributed by atoms with Crippen molar-refractivity contribution in [2.45, 2.75) is 25.7 Å². The van der Waals surface area contributed by atoms with Gasteiger partial charge in [-0.25, -0.2) is 0 Å². The molecule has 1 aliphatic heterocycles. The van der Waals surface area contributed by atoms with Crippen molar-refractivity contribution in [1.29, 1.82) is 0 Å². The number of hydrogen-bond donors (Lipinski definition) is 0. The van der Waals surface area contributed by atoms with Crippen LogP contribution in [0.4, 0.5) is 0 Å². The Morgan fingerprint density at radius 2 is 2.00 bits per heavy atom. The molecule has 2 aromatic carbocycles. The van der Waals surface area contributed by atoms with Crippen molar-refractivity contribution in [1.82, 2.24) is 15.0 Å². The molecule has 4 rings (SSSR count). The minimum atomic E-state index is -0.108. The zero-order chi connectivity index (χ0) is 21.8. The predicted molar refractivity (Wildman–Crippen MR) is 117 cm³/mol. The van der Waals surface area contributed by atoms with E-state index in [-0.39, 0.29) is 11.8 Å². The van der Waals surface area contributed by atoms with Crippen molar-refractivity contribution >= 4 is 17.5 Å². The molecular weight excluding hydrogens is 418 g/mol. The largest absolute Gasteiger partial charge is 0.493 e. The van der Waals surface area contributed by atoms with Gasteiger partial charge in [0.05, 0.1) is 19.6 Å². The second-order valence-electron chi connectivity index (χ2n) is 7.37. The summed E-state index contributed by atoms with van der Waals surface area (Å²) < 4.78 is 16.4. The van der Waals surface area contributed by atoms with Gasteiger partial charge in [-0.2, -0.15) is 4.98 Å². The highest BCUT2D eigenvalue weighted by Gasteiger charge is 2.34. The SMILES string of the molecule is CCOc1ccc(-c2noc(C3CC(=O)N(CCc4ccc(Cl)cc4)C3)n2)cc1OC. The van der Waals surface area contributed by atoms with E-state index in [1.165, 1.54) is 0 Å². The molecule has 162 valence electrons. The number of methoxy groups -OCH3 is 1. The van der Waals surface area contributed by atoms with Crippen molar-refractivity contribution in [2.75, 3.05) is 26.8 Å². The lowest BCUT2D eigenvalue weighted by atomic mass is 10.1. The van der Waals surface area contributed by atoms with Gasteiger partial charge in [-0.1, -0.05) is 28.9 Å². The Bertz CT molecular complexity index is 1050. The van der Waals surface area contributed by atoms with E-state index in [1.54, 1.807) is 7.11 Å². The van der Waals surface area contributed by atoms with Crippen LogP contribution >= 0.6 is 11.6 Å². The molecule has 1 saturated heterocycles. The third-order valence-electron chi connectivity index (χ3n) is 5.31. The number of carbonyl (C=O) groups excluding carboxylic acids is 1. The molecule has 0 saturated carbocycles. The summed E-state index contributed by atoms with van der Waals surface area (Å²) in [6.45, 7) is 3.68. The van der Waals surface area contributed by atoms with Crippen LogP contribution in [0.1, 0.15) is 30.7 Å². The average Bonchev–Trinajstić information content (AvgIpc) is 3.41. The number of aromatic nitrogens is 2. The summed E-state index contributed by atoms with van der Waals surface area (Å²) in [6.07, 6.45) is 1.14. The Labute approximate surface area is 185 Å². The maximum Gasteiger partial charge on any atom is 0.232 e. The fourth-order valence-electron chi connectivity index (χ4n) is 3.67. The molecule has 0 spiro atoms. The van der Waals surface area contributed by atoms with Gasteiger partial charge >= 0.3 is 0 Å². The molecule has 1 unspecified atom stereocenters. The van der Waals surface area contributed by atoms with E-state index in [4.69, 9.17) is 25.6 Å². The van der Waals surface area contributed by atoms with Crippen molar-refractivity contribution in [3.8, 4) is 22.9 Å². The van der Waals surface area contributed by atoms with Crippen LogP contribution in [-0.4, -0.2) is 47.8 Å². The first kappa shape index (κ1) is 21.2. The number of ether oxygens (including phenoxy) is 2. The van der Waals surface area contributed by atoms with E-state index in [9.17, 15) is 4.79 Å². The maximum absolute atomic E-state index is 12.5. The maximum atomic E-state index is 12.5. The second-order valence-corrected chi connectivity index (χ2v) is 7.81. The van der Waals surface area contributed by atoms with Crippen LogP contribution in [0.25, 0.3) is 11.4 Å². The Balaban J connectivity index is 1.42.